The van der Waals surface area contributed by atoms with E-state index in [1.807, 2.05) is 6.92 Å². The molecule has 0 amide bonds. The molecule has 0 aliphatic rings. The van der Waals surface area contributed by atoms with Gasteiger partial charge in [-0.15, -0.1) is 0 Å². The molecule has 0 atom stereocenters. The second-order valence-electron chi connectivity index (χ2n) is 1.57. The van der Waals surface area contributed by atoms with Crippen molar-refractivity contribution in [2.24, 2.45) is 0 Å². The maximum atomic E-state index is 9.73. The molecule has 2 radical (unpaired) electrons. The highest BCUT2D eigenvalue weighted by molar-refractivity contribution is 4.36. The van der Waals surface area contributed by atoms with Crippen LogP contribution < -0.4 is 0 Å². The van der Waals surface area contributed by atoms with Gasteiger partial charge >= 0.3 is 0 Å². The molecule has 0 N–H and O–H groups in total. The molecule has 0 aromatic heterocycles. The summed E-state index contributed by atoms with van der Waals surface area (Å²) in [5, 5.41) is 19.5. The van der Waals surface area contributed by atoms with Crippen molar-refractivity contribution < 1.29 is 10.2 Å². The highest BCUT2D eigenvalue weighted by atomic mass is 16.5. The molecule has 2 nitrogen and oxygen atoms in total. The van der Waals surface area contributed by atoms with Gasteiger partial charge in [-0.3, -0.25) is 0 Å². The van der Waals surface area contributed by atoms with Gasteiger partial charge in [0, 0.05) is 6.42 Å². The standard InChI is InChI=1S/C5H10O2/c1-2-3-4-5(6)7/h5H,2-4H2,1H3. The van der Waals surface area contributed by atoms with Crippen molar-refractivity contribution in [2.45, 2.75) is 32.5 Å². The first-order valence-electron chi connectivity index (χ1n) is 2.59. The summed E-state index contributed by atoms with van der Waals surface area (Å²) in [6.45, 7) is 1.96. The molecule has 2 heteroatoms. The van der Waals surface area contributed by atoms with Crippen LogP contribution >= 0.6 is 0 Å². The van der Waals surface area contributed by atoms with Crippen LogP contribution in [0.4, 0.5) is 0 Å². The average molecular weight is 102 g/mol. The first-order chi connectivity index (χ1) is 3.27. The number of rotatable bonds is 3. The van der Waals surface area contributed by atoms with Crippen LogP contribution in [0.3, 0.4) is 0 Å². The van der Waals surface area contributed by atoms with Gasteiger partial charge in [0.15, 0.2) is 0 Å². The number of hydrogen-bond acceptors (Lipinski definition) is 0. The Morgan fingerprint density at radius 1 is 1.43 bits per heavy atom. The Morgan fingerprint density at radius 2 is 2.00 bits per heavy atom. The molecule has 0 saturated carbocycles. The minimum absolute atomic E-state index is 0.288. The third-order valence-electron chi connectivity index (χ3n) is 0.793. The Morgan fingerprint density at radius 3 is 2.14 bits per heavy atom. The van der Waals surface area contributed by atoms with Gasteiger partial charge in [-0.2, -0.15) is 10.2 Å². The summed E-state index contributed by atoms with van der Waals surface area (Å²) in [6, 6.07) is 0. The van der Waals surface area contributed by atoms with Gasteiger partial charge in [-0.1, -0.05) is 13.3 Å². The summed E-state index contributed by atoms with van der Waals surface area (Å²) < 4.78 is 0. The quantitative estimate of drug-likeness (QED) is 0.483. The second kappa shape index (κ2) is 4.09. The first kappa shape index (κ1) is 6.92. The molecular formula is C5H10O2. The van der Waals surface area contributed by atoms with E-state index in [1.165, 1.54) is 0 Å². The molecular weight excluding hydrogens is 92.1 g/mol. The zero-order chi connectivity index (χ0) is 5.70. The zero-order valence-corrected chi connectivity index (χ0v) is 4.52. The van der Waals surface area contributed by atoms with Crippen LogP contribution in [0.15, 0.2) is 0 Å². The Labute approximate surface area is 43.8 Å². The zero-order valence-electron chi connectivity index (χ0n) is 4.52. The van der Waals surface area contributed by atoms with E-state index in [4.69, 9.17) is 0 Å². The summed E-state index contributed by atoms with van der Waals surface area (Å²) in [5.41, 5.74) is 0. The van der Waals surface area contributed by atoms with Gasteiger partial charge in [0.1, 0.15) is 0 Å². The van der Waals surface area contributed by atoms with Crippen molar-refractivity contribution >= 4 is 0 Å². The summed E-state index contributed by atoms with van der Waals surface area (Å²) in [7, 11) is 0. The fourth-order valence-electron chi connectivity index (χ4n) is 0.371. The molecule has 0 bridgehead atoms. The molecule has 0 spiro atoms. The van der Waals surface area contributed by atoms with Crippen molar-refractivity contribution in [3.63, 3.8) is 0 Å². The van der Waals surface area contributed by atoms with Crippen LogP contribution in [0.1, 0.15) is 26.2 Å². The van der Waals surface area contributed by atoms with Crippen molar-refractivity contribution in [3.05, 3.63) is 0 Å². The lowest BCUT2D eigenvalue weighted by molar-refractivity contribution is -0.140. The average Bonchev–Trinajstić information content (AvgIpc) is 1.61. The fraction of sp³-hybridized carbons (Fsp3) is 1.00. The lowest BCUT2D eigenvalue weighted by Crippen LogP contribution is -1.97. The third-order valence-corrected chi connectivity index (χ3v) is 0.793. The molecule has 42 valence electrons. The monoisotopic (exact) mass is 102 g/mol. The van der Waals surface area contributed by atoms with Gasteiger partial charge in [-0.05, 0) is 6.42 Å². The smallest absolute Gasteiger partial charge is 0.199 e. The van der Waals surface area contributed by atoms with Crippen molar-refractivity contribution in [1.82, 2.24) is 0 Å². The molecule has 0 rings (SSSR count). The van der Waals surface area contributed by atoms with E-state index < -0.39 is 6.29 Å². The Bertz CT molecular complexity index is 35.1. The largest absolute Gasteiger partial charge is 0.224 e. The Kier molecular flexibility index (Phi) is 4.04. The normalized spacial score (nSPS) is 10.3. The van der Waals surface area contributed by atoms with Crippen LogP contribution in [0.25, 0.3) is 0 Å². The summed E-state index contributed by atoms with van der Waals surface area (Å²) in [6.07, 6.45) is 0.412. The van der Waals surface area contributed by atoms with E-state index in [0.717, 1.165) is 12.8 Å². The second-order valence-corrected chi connectivity index (χ2v) is 1.57. The SMILES string of the molecule is CCCCC([O])[O]. The summed E-state index contributed by atoms with van der Waals surface area (Å²) in [5.74, 6) is 0. The maximum absolute atomic E-state index is 9.73. The first-order valence-corrected chi connectivity index (χ1v) is 2.59. The van der Waals surface area contributed by atoms with Crippen molar-refractivity contribution in [2.75, 3.05) is 0 Å². The third kappa shape index (κ3) is 5.92. The van der Waals surface area contributed by atoms with E-state index >= 15 is 0 Å². The predicted molar refractivity (Wildman–Crippen MR) is 24.7 cm³/mol. The van der Waals surface area contributed by atoms with Crippen LogP contribution in [0, 0.1) is 0 Å². The Balaban J connectivity index is 2.68. The molecule has 0 unspecified atom stereocenters. The molecule has 0 aromatic rings. The van der Waals surface area contributed by atoms with Gasteiger partial charge in [0.25, 0.3) is 0 Å². The summed E-state index contributed by atoms with van der Waals surface area (Å²) in [4.78, 5) is 0. The molecule has 0 saturated heterocycles. The molecule has 0 aliphatic heterocycles. The van der Waals surface area contributed by atoms with Gasteiger partial charge in [-0.25, -0.2) is 0 Å². The van der Waals surface area contributed by atoms with Crippen LogP contribution in [0.2, 0.25) is 0 Å². The van der Waals surface area contributed by atoms with E-state index in [1.54, 1.807) is 0 Å². The van der Waals surface area contributed by atoms with Crippen LogP contribution in [-0.4, -0.2) is 6.29 Å². The minimum atomic E-state index is -1.60. The van der Waals surface area contributed by atoms with Crippen LogP contribution in [0.5, 0.6) is 0 Å². The number of hydrogen-bond donors (Lipinski definition) is 0. The fourth-order valence-corrected chi connectivity index (χ4v) is 0.371. The molecule has 7 heavy (non-hydrogen) atoms. The molecule has 0 heterocycles. The highest BCUT2D eigenvalue weighted by Crippen LogP contribution is 1.96. The van der Waals surface area contributed by atoms with E-state index in [0.29, 0.717) is 0 Å². The van der Waals surface area contributed by atoms with E-state index in [9.17, 15) is 10.2 Å². The minimum Gasteiger partial charge on any atom is -0.199 e. The summed E-state index contributed by atoms with van der Waals surface area (Å²) >= 11 is 0. The van der Waals surface area contributed by atoms with Gasteiger partial charge < -0.3 is 0 Å². The topological polar surface area (TPSA) is 39.8 Å². The lowest BCUT2D eigenvalue weighted by Gasteiger charge is -1.92. The molecule has 0 fully saturated rings. The van der Waals surface area contributed by atoms with Crippen LogP contribution in [-0.2, 0) is 10.2 Å². The van der Waals surface area contributed by atoms with E-state index in [2.05, 4.69) is 0 Å². The Hall–Kier alpha value is -0.0800. The highest BCUT2D eigenvalue weighted by Gasteiger charge is 1.97. The van der Waals surface area contributed by atoms with E-state index in [-0.39, 0.29) is 6.42 Å². The van der Waals surface area contributed by atoms with Gasteiger partial charge in [0.05, 0.1) is 0 Å². The molecule has 0 aliphatic carbocycles. The van der Waals surface area contributed by atoms with Crippen molar-refractivity contribution in [1.29, 1.82) is 0 Å². The van der Waals surface area contributed by atoms with Gasteiger partial charge in [0.2, 0.25) is 6.29 Å². The number of unbranched alkanes of at least 4 members (excludes halogenated alkanes) is 1. The van der Waals surface area contributed by atoms with Crippen molar-refractivity contribution in [3.8, 4) is 0 Å². The molecule has 0 aromatic carbocycles. The lowest BCUT2D eigenvalue weighted by atomic mass is 10.2. The predicted octanol–water partition coefficient (Wildman–Crippen LogP) is 1.36. The maximum Gasteiger partial charge on any atom is 0.224 e.